The van der Waals surface area contributed by atoms with Crippen molar-refractivity contribution in [3.05, 3.63) is 58.2 Å². The SMILES string of the molecule is Nc1ccc2sc(C(=O)Nc3cc(F)ccc3Cl)cc2c1. The highest BCUT2D eigenvalue weighted by molar-refractivity contribution is 7.20. The van der Waals surface area contributed by atoms with Crippen LogP contribution in [0.4, 0.5) is 15.8 Å². The van der Waals surface area contributed by atoms with Gasteiger partial charge in [-0.3, -0.25) is 4.79 Å². The number of halogens is 2. The van der Waals surface area contributed by atoms with Gasteiger partial charge >= 0.3 is 0 Å². The molecule has 0 aliphatic heterocycles. The molecule has 0 saturated carbocycles. The van der Waals surface area contributed by atoms with Gasteiger partial charge in [0, 0.05) is 10.4 Å². The Labute approximate surface area is 129 Å². The van der Waals surface area contributed by atoms with E-state index in [2.05, 4.69) is 5.32 Å². The maximum atomic E-state index is 13.2. The molecule has 0 aliphatic rings. The first-order chi connectivity index (χ1) is 10.0. The molecule has 0 aliphatic carbocycles. The van der Waals surface area contributed by atoms with E-state index in [1.165, 1.54) is 29.5 Å². The lowest BCUT2D eigenvalue weighted by atomic mass is 10.2. The van der Waals surface area contributed by atoms with Crippen molar-refractivity contribution in [3.8, 4) is 0 Å². The van der Waals surface area contributed by atoms with Gasteiger partial charge in [-0.2, -0.15) is 0 Å². The molecule has 0 saturated heterocycles. The fraction of sp³-hybridized carbons (Fsp3) is 0. The van der Waals surface area contributed by atoms with Crippen LogP contribution in [0.1, 0.15) is 9.67 Å². The van der Waals surface area contributed by atoms with Crippen molar-refractivity contribution in [2.24, 2.45) is 0 Å². The third-order valence-corrected chi connectivity index (χ3v) is 4.39. The number of nitrogens with two attached hydrogens (primary N) is 1. The van der Waals surface area contributed by atoms with Crippen molar-refractivity contribution in [2.45, 2.75) is 0 Å². The van der Waals surface area contributed by atoms with E-state index in [1.807, 2.05) is 6.07 Å². The highest BCUT2D eigenvalue weighted by Crippen LogP contribution is 2.29. The monoisotopic (exact) mass is 320 g/mol. The van der Waals surface area contributed by atoms with Crippen molar-refractivity contribution in [1.29, 1.82) is 0 Å². The number of nitrogens with one attached hydrogen (secondary N) is 1. The van der Waals surface area contributed by atoms with Gasteiger partial charge in [0.05, 0.1) is 15.6 Å². The van der Waals surface area contributed by atoms with Crippen molar-refractivity contribution < 1.29 is 9.18 Å². The molecule has 3 aromatic rings. The number of anilines is 2. The lowest BCUT2D eigenvalue weighted by molar-refractivity contribution is 0.103. The maximum absolute atomic E-state index is 13.2. The number of rotatable bonds is 2. The number of fused-ring (bicyclic) bond motifs is 1. The quantitative estimate of drug-likeness (QED) is 0.682. The Morgan fingerprint density at radius 2 is 2.00 bits per heavy atom. The van der Waals surface area contributed by atoms with Gasteiger partial charge in [-0.1, -0.05) is 11.6 Å². The Kier molecular flexibility index (Phi) is 3.53. The third-order valence-electron chi connectivity index (χ3n) is 2.94. The van der Waals surface area contributed by atoms with E-state index < -0.39 is 5.82 Å². The molecule has 6 heteroatoms. The zero-order valence-corrected chi connectivity index (χ0v) is 12.3. The van der Waals surface area contributed by atoms with Gasteiger partial charge in [0.25, 0.3) is 5.91 Å². The Hall–Kier alpha value is -2.11. The number of carbonyl (C=O) groups is 1. The van der Waals surface area contributed by atoms with Gasteiger partial charge in [0.2, 0.25) is 0 Å². The van der Waals surface area contributed by atoms with Crippen LogP contribution >= 0.6 is 22.9 Å². The van der Waals surface area contributed by atoms with E-state index in [-0.39, 0.29) is 16.6 Å². The minimum Gasteiger partial charge on any atom is -0.399 e. The Morgan fingerprint density at radius 1 is 1.19 bits per heavy atom. The molecule has 0 bridgehead atoms. The van der Waals surface area contributed by atoms with E-state index >= 15 is 0 Å². The lowest BCUT2D eigenvalue weighted by Crippen LogP contribution is -2.10. The number of carbonyl (C=O) groups excluding carboxylic acids is 1. The average molecular weight is 321 g/mol. The van der Waals surface area contributed by atoms with Gasteiger partial charge in [0.15, 0.2) is 0 Å². The van der Waals surface area contributed by atoms with Crippen molar-refractivity contribution in [2.75, 3.05) is 11.1 Å². The van der Waals surface area contributed by atoms with Crippen LogP contribution in [-0.4, -0.2) is 5.91 Å². The number of hydrogen-bond donors (Lipinski definition) is 2. The number of nitrogen functional groups attached to an aromatic ring is 1. The molecule has 0 spiro atoms. The summed E-state index contributed by atoms with van der Waals surface area (Å²) in [6, 6.07) is 11.0. The molecule has 21 heavy (non-hydrogen) atoms. The summed E-state index contributed by atoms with van der Waals surface area (Å²) < 4.78 is 14.1. The second kappa shape index (κ2) is 5.35. The number of hydrogen-bond acceptors (Lipinski definition) is 3. The van der Waals surface area contributed by atoms with Crippen LogP contribution in [0.25, 0.3) is 10.1 Å². The van der Waals surface area contributed by atoms with Crippen molar-refractivity contribution in [1.82, 2.24) is 0 Å². The molecular formula is C15H10ClFN2OS. The molecule has 1 amide bonds. The summed E-state index contributed by atoms with van der Waals surface area (Å²) in [6.45, 7) is 0. The van der Waals surface area contributed by atoms with E-state index in [1.54, 1.807) is 18.2 Å². The zero-order valence-electron chi connectivity index (χ0n) is 10.7. The zero-order chi connectivity index (χ0) is 15.0. The normalized spacial score (nSPS) is 10.8. The molecule has 3 nitrogen and oxygen atoms in total. The van der Waals surface area contributed by atoms with E-state index in [9.17, 15) is 9.18 Å². The predicted octanol–water partition coefficient (Wildman–Crippen LogP) is 4.53. The summed E-state index contributed by atoms with van der Waals surface area (Å²) in [5, 5.41) is 3.80. The minimum absolute atomic E-state index is 0.249. The summed E-state index contributed by atoms with van der Waals surface area (Å²) >= 11 is 7.27. The predicted molar refractivity (Wildman–Crippen MR) is 85.6 cm³/mol. The average Bonchev–Trinajstić information content (AvgIpc) is 2.86. The van der Waals surface area contributed by atoms with E-state index in [0.29, 0.717) is 10.6 Å². The van der Waals surface area contributed by atoms with Crippen LogP contribution in [-0.2, 0) is 0 Å². The van der Waals surface area contributed by atoms with Gasteiger partial charge in [-0.15, -0.1) is 11.3 Å². The van der Waals surface area contributed by atoms with Crippen LogP contribution < -0.4 is 11.1 Å². The molecule has 0 unspecified atom stereocenters. The minimum atomic E-state index is -0.459. The largest absolute Gasteiger partial charge is 0.399 e. The molecular weight excluding hydrogens is 311 g/mol. The molecule has 1 aromatic heterocycles. The fourth-order valence-corrected chi connectivity index (χ4v) is 3.05. The van der Waals surface area contributed by atoms with Crippen LogP contribution in [0.5, 0.6) is 0 Å². The molecule has 3 N–H and O–H groups in total. The smallest absolute Gasteiger partial charge is 0.265 e. The molecule has 106 valence electrons. The van der Waals surface area contributed by atoms with Crippen LogP contribution in [0.15, 0.2) is 42.5 Å². The van der Waals surface area contributed by atoms with Crippen LogP contribution in [0.3, 0.4) is 0 Å². The summed E-state index contributed by atoms with van der Waals surface area (Å²) in [7, 11) is 0. The second-order valence-electron chi connectivity index (χ2n) is 4.49. The van der Waals surface area contributed by atoms with E-state index in [0.717, 1.165) is 10.1 Å². The Bertz CT molecular complexity index is 847. The highest BCUT2D eigenvalue weighted by atomic mass is 35.5. The topological polar surface area (TPSA) is 55.1 Å². The Morgan fingerprint density at radius 3 is 2.81 bits per heavy atom. The summed E-state index contributed by atoms with van der Waals surface area (Å²) in [5.74, 6) is -0.791. The van der Waals surface area contributed by atoms with E-state index in [4.69, 9.17) is 17.3 Å². The first-order valence-electron chi connectivity index (χ1n) is 6.08. The number of amides is 1. The summed E-state index contributed by atoms with van der Waals surface area (Å²) in [4.78, 5) is 12.7. The fourth-order valence-electron chi connectivity index (χ4n) is 1.95. The summed E-state index contributed by atoms with van der Waals surface area (Å²) in [5.41, 5.74) is 6.60. The second-order valence-corrected chi connectivity index (χ2v) is 5.98. The molecule has 2 aromatic carbocycles. The number of thiophene rings is 1. The number of benzene rings is 2. The molecule has 3 rings (SSSR count). The summed E-state index contributed by atoms with van der Waals surface area (Å²) in [6.07, 6.45) is 0. The van der Waals surface area contributed by atoms with Crippen molar-refractivity contribution >= 4 is 50.3 Å². The van der Waals surface area contributed by atoms with Gasteiger partial charge in [-0.05, 0) is 47.9 Å². The lowest BCUT2D eigenvalue weighted by Gasteiger charge is -2.05. The third kappa shape index (κ3) is 2.84. The molecule has 0 radical (unpaired) electrons. The van der Waals surface area contributed by atoms with Gasteiger partial charge < -0.3 is 11.1 Å². The highest BCUT2D eigenvalue weighted by Gasteiger charge is 2.12. The van der Waals surface area contributed by atoms with Gasteiger partial charge in [-0.25, -0.2) is 4.39 Å². The van der Waals surface area contributed by atoms with Crippen LogP contribution in [0, 0.1) is 5.82 Å². The Balaban J connectivity index is 1.91. The van der Waals surface area contributed by atoms with Crippen LogP contribution in [0.2, 0.25) is 5.02 Å². The first kappa shape index (κ1) is 13.9. The first-order valence-corrected chi connectivity index (χ1v) is 7.28. The molecule has 1 heterocycles. The molecule has 0 atom stereocenters. The standard InChI is InChI=1S/C15H10ClFN2OS/c16-11-3-1-9(17)7-12(11)19-15(20)14-6-8-5-10(18)2-4-13(8)21-14/h1-7H,18H2,(H,19,20). The maximum Gasteiger partial charge on any atom is 0.265 e. The van der Waals surface area contributed by atoms with Gasteiger partial charge in [0.1, 0.15) is 5.82 Å². The molecule has 0 fully saturated rings. The van der Waals surface area contributed by atoms with Crippen molar-refractivity contribution in [3.63, 3.8) is 0 Å².